The molecule has 0 aliphatic carbocycles. The zero-order chi connectivity index (χ0) is 34.9. The SMILES string of the molecule is COc1cc2c(=O)n(CCN(C)P(=O)(OCc3ccc([N+](=O)[O-])o3)N(CCCl)CCCl)c3c4cc5c(cc4ncc3c2cc1OC)OCO5. The van der Waals surface area contributed by atoms with Gasteiger partial charge in [0.15, 0.2) is 23.0 Å². The predicted molar refractivity (Wildman–Crippen MR) is 184 cm³/mol. The minimum Gasteiger partial charge on any atom is -0.493 e. The quantitative estimate of drug-likeness (QED) is 0.0406. The molecule has 0 saturated carbocycles. The Morgan fingerprint density at radius 3 is 2.29 bits per heavy atom. The third kappa shape index (κ3) is 6.50. The van der Waals surface area contributed by atoms with Gasteiger partial charge in [-0.25, -0.2) is 9.34 Å². The van der Waals surface area contributed by atoms with Gasteiger partial charge in [-0.3, -0.25) is 29.0 Å². The predicted octanol–water partition coefficient (Wildman–Crippen LogP) is 5.99. The number of aromatic nitrogens is 2. The highest BCUT2D eigenvalue weighted by Crippen LogP contribution is 2.54. The molecule has 0 fully saturated rings. The van der Waals surface area contributed by atoms with Crippen LogP contribution >= 0.6 is 30.9 Å². The summed E-state index contributed by atoms with van der Waals surface area (Å²) >= 11 is 12.2. The van der Waals surface area contributed by atoms with E-state index in [9.17, 15) is 19.5 Å². The van der Waals surface area contributed by atoms with Gasteiger partial charge in [-0.2, -0.15) is 0 Å². The smallest absolute Gasteiger partial charge is 0.433 e. The normalized spacial score (nSPS) is 13.9. The van der Waals surface area contributed by atoms with Gasteiger partial charge < -0.3 is 27.9 Å². The van der Waals surface area contributed by atoms with Gasteiger partial charge in [-0.15, -0.1) is 23.2 Å². The van der Waals surface area contributed by atoms with E-state index in [0.29, 0.717) is 55.6 Å². The summed E-state index contributed by atoms with van der Waals surface area (Å²) in [6.45, 7) is 0.164. The van der Waals surface area contributed by atoms with Gasteiger partial charge in [0.1, 0.15) is 17.3 Å². The molecule has 1 unspecified atom stereocenters. The molecule has 15 nitrogen and oxygen atoms in total. The maximum absolute atomic E-state index is 14.8. The molecule has 3 aromatic heterocycles. The summed E-state index contributed by atoms with van der Waals surface area (Å²) in [7, 11) is 0.693. The number of ether oxygens (including phenoxy) is 4. The van der Waals surface area contributed by atoms with Gasteiger partial charge in [-0.1, -0.05) is 0 Å². The lowest BCUT2D eigenvalue weighted by Gasteiger charge is -2.36. The summed E-state index contributed by atoms with van der Waals surface area (Å²) in [5.74, 6) is 1.76. The molecule has 18 heteroatoms. The second-order valence-corrected chi connectivity index (χ2v) is 14.2. The number of fused-ring (bicyclic) bond motifs is 6. The van der Waals surface area contributed by atoms with Gasteiger partial charge in [-0.05, 0) is 31.3 Å². The van der Waals surface area contributed by atoms with E-state index >= 15 is 0 Å². The first-order chi connectivity index (χ1) is 23.6. The monoisotopic (exact) mass is 735 g/mol. The Morgan fingerprint density at radius 1 is 0.980 bits per heavy atom. The van der Waals surface area contributed by atoms with Crippen molar-refractivity contribution in [1.29, 1.82) is 0 Å². The van der Waals surface area contributed by atoms with E-state index in [2.05, 4.69) is 4.98 Å². The molecule has 4 heterocycles. The van der Waals surface area contributed by atoms with E-state index in [1.54, 1.807) is 42.1 Å². The van der Waals surface area contributed by atoms with Crippen LogP contribution < -0.4 is 24.5 Å². The molecule has 0 radical (unpaired) electrons. The molecule has 0 bridgehead atoms. The molecule has 0 N–H and O–H groups in total. The zero-order valence-electron chi connectivity index (χ0n) is 26.7. The summed E-state index contributed by atoms with van der Waals surface area (Å²) in [4.78, 5) is 29.6. The molecule has 1 aliphatic rings. The number of hydrogen-bond acceptors (Lipinski definition) is 11. The maximum atomic E-state index is 14.8. The highest BCUT2D eigenvalue weighted by atomic mass is 35.5. The van der Waals surface area contributed by atoms with E-state index in [-0.39, 0.29) is 62.7 Å². The number of benzene rings is 2. The Bertz CT molecular complexity index is 2150. The van der Waals surface area contributed by atoms with Crippen LogP contribution in [0.3, 0.4) is 0 Å². The molecule has 2 aromatic carbocycles. The van der Waals surface area contributed by atoms with Crippen LogP contribution in [0, 0.1) is 10.1 Å². The van der Waals surface area contributed by atoms with Crippen molar-refractivity contribution in [1.82, 2.24) is 18.9 Å². The maximum Gasteiger partial charge on any atom is 0.433 e. The fraction of sp³-hybridized carbons (Fsp3) is 0.355. The van der Waals surface area contributed by atoms with Crippen molar-refractivity contribution in [3.63, 3.8) is 0 Å². The van der Waals surface area contributed by atoms with Crippen LogP contribution in [0.15, 0.2) is 51.8 Å². The molecule has 6 rings (SSSR count). The van der Waals surface area contributed by atoms with Crippen LogP contribution in [0.2, 0.25) is 0 Å². The highest BCUT2D eigenvalue weighted by molar-refractivity contribution is 7.53. The summed E-state index contributed by atoms with van der Waals surface area (Å²) in [6, 6.07) is 9.48. The fourth-order valence-electron chi connectivity index (χ4n) is 5.81. The van der Waals surface area contributed by atoms with Crippen LogP contribution in [0.1, 0.15) is 5.76 Å². The van der Waals surface area contributed by atoms with E-state index in [0.717, 1.165) is 0 Å². The molecule has 1 aliphatic heterocycles. The minimum absolute atomic E-state index is 0.0544. The molecular formula is C31H32Cl2N5O10P. The van der Waals surface area contributed by atoms with Crippen LogP contribution in [-0.4, -0.2) is 83.3 Å². The first kappa shape index (κ1) is 34.7. The number of furan rings is 1. The Morgan fingerprint density at radius 2 is 1.65 bits per heavy atom. The van der Waals surface area contributed by atoms with Gasteiger partial charge in [0, 0.05) is 66.4 Å². The number of halogens is 2. The van der Waals surface area contributed by atoms with Crippen LogP contribution in [0.4, 0.5) is 5.88 Å². The van der Waals surface area contributed by atoms with Crippen molar-refractivity contribution in [2.24, 2.45) is 0 Å². The van der Waals surface area contributed by atoms with E-state index in [1.165, 1.54) is 35.7 Å². The number of rotatable bonds is 15. The number of nitrogens with zero attached hydrogens (tertiary/aromatic N) is 5. The number of nitro groups is 1. The standard InChI is InChI=1S/C31H32Cl2N5O10P/c1-35(49(42,36(8-6-32)9-7-33)47-17-19-4-5-29(48-19)38(40)41)10-11-37-30-22-14-27-28(46-18-45-27)15-24(22)34-16-23(30)20-12-25(43-2)26(44-3)13-21(20)31(37)39/h4-5,12-16H,6-11,17-18H2,1-3H3. The lowest BCUT2D eigenvalue weighted by molar-refractivity contribution is -0.402. The third-order valence-corrected chi connectivity index (χ3v) is 11.2. The lowest BCUT2D eigenvalue weighted by Crippen LogP contribution is -2.36. The van der Waals surface area contributed by atoms with Crippen molar-refractivity contribution < 1.29 is 37.4 Å². The largest absolute Gasteiger partial charge is 0.493 e. The number of likely N-dealkylation sites (N-methyl/N-ethyl adjacent to an activating group) is 1. The first-order valence-corrected chi connectivity index (χ1v) is 17.6. The Hall–Kier alpha value is -4.11. The third-order valence-electron chi connectivity index (χ3n) is 8.22. The number of methoxy groups -OCH3 is 2. The molecular weight excluding hydrogens is 704 g/mol. The molecule has 1 atom stereocenters. The summed E-state index contributed by atoms with van der Waals surface area (Å²) in [6.07, 6.45) is 1.69. The zero-order valence-corrected chi connectivity index (χ0v) is 29.1. The first-order valence-electron chi connectivity index (χ1n) is 15.0. The van der Waals surface area contributed by atoms with E-state index in [1.807, 2.05) is 0 Å². The Balaban J connectivity index is 1.46. The van der Waals surface area contributed by atoms with Crippen LogP contribution in [0.25, 0.3) is 32.6 Å². The number of pyridine rings is 2. The lowest BCUT2D eigenvalue weighted by atomic mass is 10.0. The average molecular weight is 737 g/mol. The second kappa shape index (κ2) is 14.4. The Kier molecular flexibility index (Phi) is 10.2. The summed E-state index contributed by atoms with van der Waals surface area (Å²) in [5, 5.41) is 13.4. The van der Waals surface area contributed by atoms with Crippen molar-refractivity contribution in [2.45, 2.75) is 13.2 Å². The van der Waals surface area contributed by atoms with Crippen molar-refractivity contribution in [3.8, 4) is 23.0 Å². The molecule has 0 saturated heterocycles. The molecule has 5 aromatic rings. The molecule has 260 valence electrons. The fourth-order valence-corrected chi connectivity index (χ4v) is 8.59. The Labute approximate surface area is 289 Å². The van der Waals surface area contributed by atoms with Gasteiger partial charge in [0.25, 0.3) is 5.56 Å². The average Bonchev–Trinajstić information content (AvgIpc) is 3.78. The second-order valence-electron chi connectivity index (χ2n) is 10.9. The van der Waals surface area contributed by atoms with Gasteiger partial charge >= 0.3 is 13.6 Å². The summed E-state index contributed by atoms with van der Waals surface area (Å²) in [5.41, 5.74) is 0.813. The van der Waals surface area contributed by atoms with Crippen LogP contribution in [-0.2, 0) is 22.2 Å². The van der Waals surface area contributed by atoms with Crippen LogP contribution in [0.5, 0.6) is 23.0 Å². The van der Waals surface area contributed by atoms with Gasteiger partial charge in [0.05, 0.1) is 36.7 Å². The molecule has 49 heavy (non-hydrogen) atoms. The highest BCUT2D eigenvalue weighted by Gasteiger charge is 2.37. The molecule has 0 spiro atoms. The van der Waals surface area contributed by atoms with Crippen molar-refractivity contribution in [3.05, 3.63) is 68.8 Å². The minimum atomic E-state index is -3.91. The van der Waals surface area contributed by atoms with E-state index < -0.39 is 18.5 Å². The number of hydrogen-bond donors (Lipinski definition) is 0. The molecule has 0 amide bonds. The number of alkyl halides is 2. The van der Waals surface area contributed by atoms with Crippen molar-refractivity contribution in [2.75, 3.05) is 59.5 Å². The van der Waals surface area contributed by atoms with E-state index in [4.69, 9.17) is 51.1 Å². The van der Waals surface area contributed by atoms with Gasteiger partial charge in [0.2, 0.25) is 6.79 Å². The topological polar surface area (TPSA) is 161 Å². The van der Waals surface area contributed by atoms with Crippen molar-refractivity contribution >= 4 is 69.3 Å². The summed E-state index contributed by atoms with van der Waals surface area (Å²) < 4.78 is 52.9.